The van der Waals surface area contributed by atoms with Gasteiger partial charge in [0.05, 0.1) is 4.47 Å². The summed E-state index contributed by atoms with van der Waals surface area (Å²) in [6.45, 7) is 0. The molecule has 0 aromatic carbocycles. The molecule has 0 radical (unpaired) electrons. The van der Waals surface area contributed by atoms with Crippen LogP contribution in [0.25, 0.3) is 11.1 Å². The summed E-state index contributed by atoms with van der Waals surface area (Å²) in [5.74, 6) is 0.499. The molecule has 0 spiro atoms. The number of anilines is 1. The molecule has 3 nitrogen and oxygen atoms in total. The number of nitrogens with two attached hydrogens (primary N) is 1. The zero-order valence-electron chi connectivity index (χ0n) is 7.31. The van der Waals surface area contributed by atoms with E-state index in [-0.39, 0.29) is 0 Å². The maximum absolute atomic E-state index is 5.68. The minimum absolute atomic E-state index is 0.499. The Morgan fingerprint density at radius 3 is 2.50 bits per heavy atom. The van der Waals surface area contributed by atoms with Crippen molar-refractivity contribution in [2.24, 2.45) is 0 Å². The molecule has 0 bridgehead atoms. The maximum atomic E-state index is 5.68. The predicted molar refractivity (Wildman–Crippen MR) is 59.6 cm³/mol. The van der Waals surface area contributed by atoms with E-state index in [1.165, 1.54) is 0 Å². The van der Waals surface area contributed by atoms with E-state index in [0.717, 1.165) is 15.6 Å². The van der Waals surface area contributed by atoms with Gasteiger partial charge in [-0.2, -0.15) is 0 Å². The number of aromatic nitrogens is 2. The first-order valence-electron chi connectivity index (χ1n) is 4.09. The van der Waals surface area contributed by atoms with Gasteiger partial charge in [0.2, 0.25) is 0 Å². The molecule has 0 atom stereocenters. The second-order valence-electron chi connectivity index (χ2n) is 2.79. The molecule has 0 aliphatic carbocycles. The summed E-state index contributed by atoms with van der Waals surface area (Å²) < 4.78 is 0.825. The van der Waals surface area contributed by atoms with Crippen LogP contribution in [0.5, 0.6) is 0 Å². The Morgan fingerprint density at radius 2 is 1.79 bits per heavy atom. The molecule has 2 rings (SSSR count). The molecule has 2 aromatic rings. The van der Waals surface area contributed by atoms with Gasteiger partial charge in [0, 0.05) is 24.2 Å². The zero-order chi connectivity index (χ0) is 9.97. The molecule has 2 heterocycles. The highest BCUT2D eigenvalue weighted by Crippen LogP contribution is 2.30. The number of nitrogen functional groups attached to an aromatic ring is 1. The average Bonchev–Trinajstić information content (AvgIpc) is 2.23. The first-order valence-corrected chi connectivity index (χ1v) is 4.88. The summed E-state index contributed by atoms with van der Waals surface area (Å²) in [4.78, 5) is 7.94. The van der Waals surface area contributed by atoms with Gasteiger partial charge in [0.1, 0.15) is 5.82 Å². The lowest BCUT2D eigenvalue weighted by atomic mass is 10.1. The third-order valence-corrected chi connectivity index (χ3v) is 2.74. The normalized spacial score (nSPS) is 10.1. The molecule has 0 aliphatic rings. The Balaban J connectivity index is 2.58. The maximum Gasteiger partial charge on any atom is 0.138 e. The average molecular weight is 250 g/mol. The smallest absolute Gasteiger partial charge is 0.138 e. The highest BCUT2D eigenvalue weighted by Gasteiger charge is 2.05. The molecule has 0 saturated carbocycles. The van der Waals surface area contributed by atoms with Gasteiger partial charge in [0.25, 0.3) is 0 Å². The van der Waals surface area contributed by atoms with Gasteiger partial charge < -0.3 is 5.73 Å². The quantitative estimate of drug-likeness (QED) is 0.845. The van der Waals surface area contributed by atoms with E-state index in [4.69, 9.17) is 5.73 Å². The lowest BCUT2D eigenvalue weighted by Crippen LogP contribution is -1.92. The topological polar surface area (TPSA) is 51.8 Å². The highest BCUT2D eigenvalue weighted by atomic mass is 79.9. The van der Waals surface area contributed by atoms with Crippen LogP contribution in [0.3, 0.4) is 0 Å². The van der Waals surface area contributed by atoms with Crippen LogP contribution in [0.15, 0.2) is 41.3 Å². The molecule has 0 saturated heterocycles. The van der Waals surface area contributed by atoms with Crippen molar-refractivity contribution in [3.63, 3.8) is 0 Å². The van der Waals surface area contributed by atoms with Crippen molar-refractivity contribution in [1.29, 1.82) is 0 Å². The summed E-state index contributed by atoms with van der Waals surface area (Å²) in [7, 11) is 0. The number of hydrogen-bond donors (Lipinski definition) is 1. The van der Waals surface area contributed by atoms with Gasteiger partial charge in [-0.15, -0.1) is 0 Å². The fourth-order valence-corrected chi connectivity index (χ4v) is 1.68. The summed E-state index contributed by atoms with van der Waals surface area (Å²) in [6, 6.07) is 5.77. The van der Waals surface area contributed by atoms with Crippen molar-refractivity contribution in [1.82, 2.24) is 9.97 Å². The number of rotatable bonds is 1. The first-order chi connectivity index (χ1) is 6.79. The molecule has 2 N–H and O–H groups in total. The van der Waals surface area contributed by atoms with E-state index in [9.17, 15) is 0 Å². The molecule has 2 aromatic heterocycles. The molecule has 0 fully saturated rings. The van der Waals surface area contributed by atoms with Crippen LogP contribution < -0.4 is 5.73 Å². The van der Waals surface area contributed by atoms with Crippen LogP contribution in [0.2, 0.25) is 0 Å². The minimum atomic E-state index is 0.499. The van der Waals surface area contributed by atoms with Gasteiger partial charge >= 0.3 is 0 Å². The van der Waals surface area contributed by atoms with Crippen LogP contribution in [0, 0.1) is 0 Å². The van der Waals surface area contributed by atoms with E-state index < -0.39 is 0 Å². The molecule has 70 valence electrons. The first kappa shape index (κ1) is 9.15. The number of nitrogens with zero attached hydrogens (tertiary/aromatic N) is 2. The molecular formula is C10H8BrN3. The molecule has 4 heteroatoms. The number of hydrogen-bond acceptors (Lipinski definition) is 3. The molecule has 0 unspecified atom stereocenters. The van der Waals surface area contributed by atoms with Crippen LogP contribution in [-0.2, 0) is 0 Å². The molecular weight excluding hydrogens is 242 g/mol. The van der Waals surface area contributed by atoms with Gasteiger partial charge in [-0.1, -0.05) is 0 Å². The second kappa shape index (κ2) is 3.75. The zero-order valence-corrected chi connectivity index (χ0v) is 8.90. The fourth-order valence-electron chi connectivity index (χ4n) is 1.21. The van der Waals surface area contributed by atoms with Crippen molar-refractivity contribution in [3.05, 3.63) is 41.3 Å². The van der Waals surface area contributed by atoms with E-state index in [1.54, 1.807) is 18.6 Å². The Labute approximate surface area is 90.1 Å². The van der Waals surface area contributed by atoms with Crippen molar-refractivity contribution >= 4 is 21.7 Å². The summed E-state index contributed by atoms with van der Waals surface area (Å²) in [5.41, 5.74) is 7.78. The largest absolute Gasteiger partial charge is 0.383 e. The van der Waals surface area contributed by atoms with Crippen LogP contribution in [0.1, 0.15) is 0 Å². The third kappa shape index (κ3) is 1.61. The SMILES string of the molecule is Nc1nccc(-c2ccncc2)c1Br. The van der Waals surface area contributed by atoms with Crippen LogP contribution in [0.4, 0.5) is 5.82 Å². The van der Waals surface area contributed by atoms with Crippen molar-refractivity contribution in [2.45, 2.75) is 0 Å². The van der Waals surface area contributed by atoms with Crippen LogP contribution >= 0.6 is 15.9 Å². The summed E-state index contributed by atoms with van der Waals surface area (Å²) >= 11 is 3.41. The number of pyridine rings is 2. The minimum Gasteiger partial charge on any atom is -0.383 e. The van der Waals surface area contributed by atoms with Gasteiger partial charge in [-0.3, -0.25) is 4.98 Å². The summed E-state index contributed by atoms with van der Waals surface area (Å²) in [5, 5.41) is 0. The van der Waals surface area contributed by atoms with Gasteiger partial charge in [0.15, 0.2) is 0 Å². The van der Waals surface area contributed by atoms with E-state index in [1.807, 2.05) is 18.2 Å². The number of halogens is 1. The lowest BCUT2D eigenvalue weighted by Gasteiger charge is -2.05. The Morgan fingerprint density at radius 1 is 1.07 bits per heavy atom. The van der Waals surface area contributed by atoms with E-state index in [2.05, 4.69) is 25.9 Å². The summed E-state index contributed by atoms with van der Waals surface area (Å²) in [6.07, 6.45) is 5.19. The Hall–Kier alpha value is -1.42. The standard InChI is InChI=1S/C10H8BrN3/c11-9-8(3-6-14-10(9)12)7-1-4-13-5-2-7/h1-6H,(H2,12,14). The Kier molecular flexibility index (Phi) is 2.45. The lowest BCUT2D eigenvalue weighted by molar-refractivity contribution is 1.30. The van der Waals surface area contributed by atoms with Crippen molar-refractivity contribution in [3.8, 4) is 11.1 Å². The van der Waals surface area contributed by atoms with E-state index in [0.29, 0.717) is 5.82 Å². The van der Waals surface area contributed by atoms with Crippen molar-refractivity contribution in [2.75, 3.05) is 5.73 Å². The van der Waals surface area contributed by atoms with E-state index >= 15 is 0 Å². The highest BCUT2D eigenvalue weighted by molar-refractivity contribution is 9.10. The van der Waals surface area contributed by atoms with Gasteiger partial charge in [-0.25, -0.2) is 4.98 Å². The Bertz CT molecular complexity index is 442. The monoisotopic (exact) mass is 249 g/mol. The van der Waals surface area contributed by atoms with Gasteiger partial charge in [-0.05, 0) is 39.7 Å². The van der Waals surface area contributed by atoms with Crippen LogP contribution in [-0.4, -0.2) is 9.97 Å². The fraction of sp³-hybridized carbons (Fsp3) is 0. The second-order valence-corrected chi connectivity index (χ2v) is 3.59. The third-order valence-electron chi connectivity index (χ3n) is 1.91. The molecule has 0 aliphatic heterocycles. The molecule has 0 amide bonds. The van der Waals surface area contributed by atoms with Crippen molar-refractivity contribution < 1.29 is 0 Å². The predicted octanol–water partition coefficient (Wildman–Crippen LogP) is 2.49. The molecule has 14 heavy (non-hydrogen) atoms.